The number of benzene rings is 3. The van der Waals surface area contributed by atoms with E-state index < -0.39 is 0 Å². The van der Waals surface area contributed by atoms with Crippen molar-refractivity contribution in [2.24, 2.45) is 0 Å². The number of carbonyl (C=O) groups is 1. The maximum absolute atomic E-state index is 13.8. The number of amides is 1. The van der Waals surface area contributed by atoms with E-state index in [0.29, 0.717) is 27.8 Å². The molecule has 0 saturated heterocycles. The van der Waals surface area contributed by atoms with Crippen LogP contribution in [0, 0.1) is 12.7 Å². The molecule has 0 unspecified atom stereocenters. The first-order valence-corrected chi connectivity index (χ1v) is 11.1. The number of halogens is 1. The van der Waals surface area contributed by atoms with E-state index in [4.69, 9.17) is 0 Å². The third kappa shape index (κ3) is 4.94. The maximum Gasteiger partial charge on any atom is 0.256 e. The normalized spacial score (nSPS) is 10.7. The summed E-state index contributed by atoms with van der Waals surface area (Å²) >= 11 is 0. The minimum Gasteiger partial charge on any atom is -0.355 e. The van der Waals surface area contributed by atoms with Gasteiger partial charge in [0.05, 0.1) is 5.52 Å². The van der Waals surface area contributed by atoms with E-state index in [0.717, 1.165) is 22.6 Å². The molecule has 3 N–H and O–H groups in total. The number of aromatic nitrogens is 2. The highest BCUT2D eigenvalue weighted by atomic mass is 19.1. The van der Waals surface area contributed by atoms with Crippen LogP contribution in [0.1, 0.15) is 15.9 Å². The lowest BCUT2D eigenvalue weighted by atomic mass is 10.0. The lowest BCUT2D eigenvalue weighted by Gasteiger charge is -2.15. The second-order valence-corrected chi connectivity index (χ2v) is 8.02. The number of hydrogen-bond acceptors (Lipinski definition) is 5. The Morgan fingerprint density at radius 1 is 0.771 bits per heavy atom. The topological polar surface area (TPSA) is 78.9 Å². The summed E-state index contributed by atoms with van der Waals surface area (Å²) in [4.78, 5) is 21.3. The highest BCUT2D eigenvalue weighted by Gasteiger charge is 2.13. The molecule has 3 aromatic carbocycles. The van der Waals surface area contributed by atoms with Crippen LogP contribution in [0.2, 0.25) is 0 Å². The monoisotopic (exact) mass is 463 g/mol. The van der Waals surface area contributed by atoms with Gasteiger partial charge in [0, 0.05) is 58.0 Å². The molecule has 0 radical (unpaired) electrons. The van der Waals surface area contributed by atoms with Crippen LogP contribution in [-0.2, 0) is 0 Å². The Balaban J connectivity index is 1.33. The Hall–Kier alpha value is -4.78. The van der Waals surface area contributed by atoms with E-state index in [1.54, 1.807) is 36.8 Å². The first kappa shape index (κ1) is 22.0. The van der Waals surface area contributed by atoms with Crippen LogP contribution in [0.3, 0.4) is 0 Å². The minimum absolute atomic E-state index is 0.216. The molecule has 0 atom stereocenters. The van der Waals surface area contributed by atoms with Crippen molar-refractivity contribution in [1.82, 2.24) is 9.97 Å². The molecule has 2 heterocycles. The molecule has 5 rings (SSSR count). The van der Waals surface area contributed by atoms with Crippen LogP contribution < -0.4 is 16.0 Å². The van der Waals surface area contributed by atoms with Crippen molar-refractivity contribution in [3.63, 3.8) is 0 Å². The predicted octanol–water partition coefficient (Wildman–Crippen LogP) is 6.82. The molecule has 0 fully saturated rings. The Labute approximate surface area is 201 Å². The van der Waals surface area contributed by atoms with Gasteiger partial charge < -0.3 is 16.0 Å². The van der Waals surface area contributed by atoms with Gasteiger partial charge in [-0.3, -0.25) is 14.8 Å². The van der Waals surface area contributed by atoms with Gasteiger partial charge in [0.25, 0.3) is 5.91 Å². The van der Waals surface area contributed by atoms with Crippen LogP contribution in [0.25, 0.3) is 10.9 Å². The molecule has 0 saturated carbocycles. The Bertz CT molecular complexity index is 1500. The summed E-state index contributed by atoms with van der Waals surface area (Å²) < 4.78 is 13.8. The van der Waals surface area contributed by atoms with E-state index in [1.807, 2.05) is 55.5 Å². The summed E-state index contributed by atoms with van der Waals surface area (Å²) in [6, 6.07) is 23.0. The van der Waals surface area contributed by atoms with Crippen molar-refractivity contribution >= 4 is 45.2 Å². The highest BCUT2D eigenvalue weighted by molar-refractivity contribution is 6.06. The summed E-state index contributed by atoms with van der Waals surface area (Å²) in [5.41, 5.74) is 5.99. The Morgan fingerprint density at radius 3 is 2.31 bits per heavy atom. The van der Waals surface area contributed by atoms with E-state index in [9.17, 15) is 9.18 Å². The zero-order valence-corrected chi connectivity index (χ0v) is 18.9. The zero-order chi connectivity index (χ0) is 24.2. The molecule has 0 aliphatic rings. The highest BCUT2D eigenvalue weighted by Crippen LogP contribution is 2.29. The molecular weight excluding hydrogens is 441 g/mol. The third-order valence-electron chi connectivity index (χ3n) is 5.66. The van der Waals surface area contributed by atoms with Gasteiger partial charge in [-0.15, -0.1) is 0 Å². The number of carbonyl (C=O) groups excluding carboxylic acids is 1. The first-order chi connectivity index (χ1) is 17.1. The second-order valence-electron chi connectivity index (χ2n) is 8.02. The average molecular weight is 464 g/mol. The Morgan fingerprint density at radius 2 is 1.51 bits per heavy atom. The van der Waals surface area contributed by atoms with Crippen molar-refractivity contribution in [3.8, 4) is 0 Å². The predicted molar refractivity (Wildman–Crippen MR) is 138 cm³/mol. The molecule has 2 aromatic heterocycles. The minimum atomic E-state index is -0.333. The van der Waals surface area contributed by atoms with Crippen molar-refractivity contribution in [2.45, 2.75) is 6.92 Å². The van der Waals surface area contributed by atoms with E-state index in [2.05, 4.69) is 25.9 Å². The van der Waals surface area contributed by atoms with Crippen LogP contribution >= 0.6 is 0 Å². The molecule has 172 valence electrons. The molecule has 1 amide bonds. The average Bonchev–Trinajstić information content (AvgIpc) is 2.87. The number of anilines is 5. The summed E-state index contributed by atoms with van der Waals surface area (Å²) in [7, 11) is 0. The Kier molecular flexibility index (Phi) is 6.05. The molecule has 0 spiro atoms. The first-order valence-electron chi connectivity index (χ1n) is 11.1. The smallest absolute Gasteiger partial charge is 0.256 e. The number of fused-ring (bicyclic) bond motifs is 1. The SMILES string of the molecule is Cc1c(Nc2ccnc3ccc(F)cc23)cccc1C(=O)Nc1ccc(Nc2ccncc2)cc1. The van der Waals surface area contributed by atoms with Gasteiger partial charge in [0.2, 0.25) is 0 Å². The molecule has 0 aliphatic carbocycles. The number of nitrogens with one attached hydrogen (secondary N) is 3. The third-order valence-corrected chi connectivity index (χ3v) is 5.66. The van der Waals surface area contributed by atoms with Gasteiger partial charge >= 0.3 is 0 Å². The zero-order valence-electron chi connectivity index (χ0n) is 18.9. The largest absolute Gasteiger partial charge is 0.355 e. The lowest BCUT2D eigenvalue weighted by molar-refractivity contribution is 0.102. The molecular formula is C28H22FN5O. The lowest BCUT2D eigenvalue weighted by Crippen LogP contribution is -2.14. The maximum atomic E-state index is 13.8. The molecule has 7 heteroatoms. The fourth-order valence-corrected chi connectivity index (χ4v) is 3.83. The quantitative estimate of drug-likeness (QED) is 0.258. The molecule has 0 bridgehead atoms. The molecule has 6 nitrogen and oxygen atoms in total. The fourth-order valence-electron chi connectivity index (χ4n) is 3.83. The van der Waals surface area contributed by atoms with E-state index in [1.165, 1.54) is 12.1 Å². The summed E-state index contributed by atoms with van der Waals surface area (Å²) in [5.74, 6) is -0.549. The van der Waals surface area contributed by atoms with Crippen LogP contribution in [-0.4, -0.2) is 15.9 Å². The van der Waals surface area contributed by atoms with Gasteiger partial charge in [-0.1, -0.05) is 6.07 Å². The van der Waals surface area contributed by atoms with Crippen molar-refractivity contribution in [3.05, 3.63) is 114 Å². The molecule has 35 heavy (non-hydrogen) atoms. The van der Waals surface area contributed by atoms with E-state index in [-0.39, 0.29) is 11.7 Å². The van der Waals surface area contributed by atoms with Gasteiger partial charge in [-0.05, 0) is 85.3 Å². The fraction of sp³-hybridized carbons (Fsp3) is 0.0357. The van der Waals surface area contributed by atoms with Crippen LogP contribution in [0.5, 0.6) is 0 Å². The number of nitrogens with zero attached hydrogens (tertiary/aromatic N) is 2. The molecule has 5 aromatic rings. The molecule has 0 aliphatic heterocycles. The number of rotatable bonds is 6. The van der Waals surface area contributed by atoms with Crippen molar-refractivity contribution in [2.75, 3.05) is 16.0 Å². The van der Waals surface area contributed by atoms with Crippen LogP contribution in [0.15, 0.2) is 97.5 Å². The van der Waals surface area contributed by atoms with Gasteiger partial charge in [0.1, 0.15) is 5.82 Å². The van der Waals surface area contributed by atoms with E-state index >= 15 is 0 Å². The summed E-state index contributed by atoms with van der Waals surface area (Å²) in [6.45, 7) is 1.88. The van der Waals surface area contributed by atoms with Gasteiger partial charge in [0.15, 0.2) is 0 Å². The van der Waals surface area contributed by atoms with Gasteiger partial charge in [-0.2, -0.15) is 0 Å². The second kappa shape index (κ2) is 9.61. The number of hydrogen-bond donors (Lipinski definition) is 3. The summed E-state index contributed by atoms with van der Waals surface area (Å²) in [6.07, 6.45) is 5.11. The van der Waals surface area contributed by atoms with Crippen LogP contribution in [0.4, 0.5) is 32.8 Å². The number of pyridine rings is 2. The van der Waals surface area contributed by atoms with Crippen molar-refractivity contribution < 1.29 is 9.18 Å². The van der Waals surface area contributed by atoms with Crippen molar-refractivity contribution in [1.29, 1.82) is 0 Å². The summed E-state index contributed by atoms with van der Waals surface area (Å²) in [5, 5.41) is 10.2. The van der Waals surface area contributed by atoms with Gasteiger partial charge in [-0.25, -0.2) is 4.39 Å². The standard InChI is InChI=1S/C28H22FN5O/c1-18-23(28(35)33-21-8-6-20(7-9-21)32-22-11-14-30-15-12-22)3-2-4-25(18)34-27-13-16-31-26-10-5-19(29)17-24(26)27/h2-17H,1H3,(H,30,32)(H,31,34)(H,33,35).